The molecule has 106 valence electrons. The first-order valence-electron chi connectivity index (χ1n) is 5.49. The smallest absolute Gasteiger partial charge is 0.307 e. The van der Waals surface area contributed by atoms with Gasteiger partial charge in [-0.15, -0.1) is 0 Å². The zero-order valence-electron chi connectivity index (χ0n) is 10.4. The van der Waals surface area contributed by atoms with Gasteiger partial charge in [0.15, 0.2) is 0 Å². The molecule has 0 heterocycles. The van der Waals surface area contributed by atoms with E-state index in [1.807, 2.05) is 0 Å². The van der Waals surface area contributed by atoms with E-state index in [1.165, 1.54) is 25.3 Å². The molecule has 0 aliphatic rings. The Morgan fingerprint density at radius 3 is 2.68 bits per heavy atom. The maximum absolute atomic E-state index is 12.0. The van der Waals surface area contributed by atoms with Crippen molar-refractivity contribution in [2.45, 2.75) is 11.3 Å². The lowest BCUT2D eigenvalue weighted by Gasteiger charge is -2.11. The Hall–Kier alpha value is -1.64. The van der Waals surface area contributed by atoms with Crippen LogP contribution in [0.2, 0.25) is 0 Å². The summed E-state index contributed by atoms with van der Waals surface area (Å²) in [6.45, 7) is 0.241. The highest BCUT2D eigenvalue weighted by Gasteiger charge is 2.20. The number of carboxylic acid groups (broad SMARTS) is 1. The molecule has 0 saturated carbocycles. The van der Waals surface area contributed by atoms with Crippen LogP contribution in [0.4, 0.5) is 0 Å². The molecule has 0 aromatic heterocycles. The third-order valence-corrected chi connectivity index (χ3v) is 3.90. The number of hydrogen-bond donors (Lipinski definition) is 3. The molecule has 0 atom stereocenters. The SMILES string of the molecule is COc1ccc(S(=O)(=O)NCCN)c(CC(=O)O)c1. The summed E-state index contributed by atoms with van der Waals surface area (Å²) in [5.41, 5.74) is 5.40. The summed E-state index contributed by atoms with van der Waals surface area (Å²) in [6.07, 6.45) is -0.407. The minimum atomic E-state index is -3.77. The summed E-state index contributed by atoms with van der Waals surface area (Å²) in [7, 11) is -2.36. The molecule has 1 rings (SSSR count). The van der Waals surface area contributed by atoms with E-state index in [1.54, 1.807) is 0 Å². The van der Waals surface area contributed by atoms with Crippen LogP contribution in [-0.2, 0) is 21.2 Å². The molecule has 0 fully saturated rings. The van der Waals surface area contributed by atoms with Crippen LogP contribution in [0.15, 0.2) is 23.1 Å². The first-order valence-corrected chi connectivity index (χ1v) is 6.97. The Morgan fingerprint density at radius 2 is 2.16 bits per heavy atom. The summed E-state index contributed by atoms with van der Waals surface area (Å²) in [5, 5.41) is 8.82. The number of sulfonamides is 1. The maximum atomic E-state index is 12.0. The van der Waals surface area contributed by atoms with E-state index < -0.39 is 22.4 Å². The van der Waals surface area contributed by atoms with Gasteiger partial charge in [0.25, 0.3) is 0 Å². The minimum absolute atomic E-state index is 0.0795. The molecule has 1 aromatic carbocycles. The number of rotatable bonds is 7. The van der Waals surface area contributed by atoms with Crippen molar-refractivity contribution in [3.63, 3.8) is 0 Å². The highest BCUT2D eigenvalue weighted by atomic mass is 32.2. The van der Waals surface area contributed by atoms with E-state index in [9.17, 15) is 13.2 Å². The number of ether oxygens (including phenoxy) is 1. The summed E-state index contributed by atoms with van der Waals surface area (Å²) < 4.78 is 31.2. The highest BCUT2D eigenvalue weighted by Crippen LogP contribution is 2.22. The molecule has 0 radical (unpaired) electrons. The monoisotopic (exact) mass is 288 g/mol. The van der Waals surface area contributed by atoms with Crippen molar-refractivity contribution < 1.29 is 23.1 Å². The predicted molar refractivity (Wildman–Crippen MR) is 68.6 cm³/mol. The number of nitrogens with one attached hydrogen (secondary N) is 1. The average Bonchev–Trinajstić information content (AvgIpc) is 2.35. The number of aliphatic carboxylic acids is 1. The van der Waals surface area contributed by atoms with Gasteiger partial charge in [-0.1, -0.05) is 0 Å². The second-order valence-corrected chi connectivity index (χ2v) is 5.47. The van der Waals surface area contributed by atoms with E-state index in [-0.39, 0.29) is 23.5 Å². The first-order chi connectivity index (χ1) is 8.90. The van der Waals surface area contributed by atoms with Gasteiger partial charge in [-0.25, -0.2) is 13.1 Å². The molecule has 1 aromatic rings. The topological polar surface area (TPSA) is 119 Å². The van der Waals surface area contributed by atoms with Gasteiger partial charge in [-0.3, -0.25) is 4.79 Å². The predicted octanol–water partition coefficient (Wildman–Crippen LogP) is -0.441. The second-order valence-electron chi connectivity index (χ2n) is 3.73. The number of methoxy groups -OCH3 is 1. The number of hydrogen-bond acceptors (Lipinski definition) is 5. The molecule has 0 unspecified atom stereocenters. The summed E-state index contributed by atoms with van der Waals surface area (Å²) in [5.74, 6) is -0.724. The molecule has 0 aliphatic carbocycles. The largest absolute Gasteiger partial charge is 0.497 e. The van der Waals surface area contributed by atoms with Crippen LogP contribution in [0.5, 0.6) is 5.75 Å². The standard InChI is InChI=1S/C11H16N2O5S/c1-18-9-2-3-10(8(6-9)7-11(14)15)19(16,17)13-5-4-12/h2-3,6,13H,4-5,7,12H2,1H3,(H,14,15). The Balaban J connectivity index is 3.21. The Bertz CT molecular complexity index is 556. The van der Waals surface area contributed by atoms with E-state index >= 15 is 0 Å². The van der Waals surface area contributed by atoms with E-state index in [0.717, 1.165) is 0 Å². The first kappa shape index (κ1) is 15.4. The molecule has 8 heteroatoms. The van der Waals surface area contributed by atoms with Crippen LogP contribution >= 0.6 is 0 Å². The van der Waals surface area contributed by atoms with Gasteiger partial charge in [0.05, 0.1) is 18.4 Å². The number of carbonyl (C=O) groups is 1. The molecule has 0 spiro atoms. The zero-order chi connectivity index (χ0) is 14.5. The van der Waals surface area contributed by atoms with Crippen LogP contribution < -0.4 is 15.2 Å². The van der Waals surface area contributed by atoms with Gasteiger partial charge in [-0.05, 0) is 23.8 Å². The third-order valence-electron chi connectivity index (χ3n) is 2.34. The fourth-order valence-corrected chi connectivity index (χ4v) is 2.78. The molecule has 4 N–H and O–H groups in total. The molecule has 0 bridgehead atoms. The van der Waals surface area contributed by atoms with Crippen molar-refractivity contribution in [3.8, 4) is 5.75 Å². The minimum Gasteiger partial charge on any atom is -0.497 e. The molecule has 19 heavy (non-hydrogen) atoms. The summed E-state index contributed by atoms with van der Waals surface area (Å²) in [4.78, 5) is 10.7. The van der Waals surface area contributed by atoms with E-state index in [4.69, 9.17) is 15.6 Å². The second kappa shape index (κ2) is 6.50. The number of benzene rings is 1. The van der Waals surface area contributed by atoms with Gasteiger partial charge in [0.1, 0.15) is 5.75 Å². The van der Waals surface area contributed by atoms with Crippen LogP contribution in [0.1, 0.15) is 5.56 Å². The zero-order valence-corrected chi connectivity index (χ0v) is 11.2. The lowest BCUT2D eigenvalue weighted by Crippen LogP contribution is -2.30. The van der Waals surface area contributed by atoms with Crippen LogP contribution in [0.25, 0.3) is 0 Å². The molecular formula is C11H16N2O5S. The fourth-order valence-electron chi connectivity index (χ4n) is 1.52. The van der Waals surface area contributed by atoms with Gasteiger partial charge >= 0.3 is 5.97 Å². The van der Waals surface area contributed by atoms with Gasteiger partial charge in [-0.2, -0.15) is 0 Å². The quantitative estimate of drug-likeness (QED) is 0.626. The Labute approximate surface area is 111 Å². The van der Waals surface area contributed by atoms with Gasteiger partial charge in [0.2, 0.25) is 10.0 Å². The molecule has 0 amide bonds. The normalized spacial score (nSPS) is 11.3. The van der Waals surface area contributed by atoms with Crippen molar-refractivity contribution in [2.75, 3.05) is 20.2 Å². The van der Waals surface area contributed by atoms with Gasteiger partial charge in [0, 0.05) is 13.1 Å². The van der Waals surface area contributed by atoms with E-state index in [2.05, 4.69) is 4.72 Å². The Kier molecular flexibility index (Phi) is 5.28. The summed E-state index contributed by atoms with van der Waals surface area (Å²) in [6, 6.07) is 4.17. The number of carboxylic acids is 1. The average molecular weight is 288 g/mol. The molecule has 0 saturated heterocycles. The van der Waals surface area contributed by atoms with Crippen molar-refractivity contribution in [2.24, 2.45) is 5.73 Å². The fraction of sp³-hybridized carbons (Fsp3) is 0.364. The number of nitrogens with two attached hydrogens (primary N) is 1. The van der Waals surface area contributed by atoms with E-state index in [0.29, 0.717) is 5.75 Å². The molecular weight excluding hydrogens is 272 g/mol. The third kappa shape index (κ3) is 4.19. The van der Waals surface area contributed by atoms with Crippen LogP contribution in [0.3, 0.4) is 0 Å². The lowest BCUT2D eigenvalue weighted by atomic mass is 10.1. The highest BCUT2D eigenvalue weighted by molar-refractivity contribution is 7.89. The van der Waals surface area contributed by atoms with Crippen molar-refractivity contribution in [1.82, 2.24) is 4.72 Å². The maximum Gasteiger partial charge on any atom is 0.307 e. The van der Waals surface area contributed by atoms with Gasteiger partial charge < -0.3 is 15.6 Å². The van der Waals surface area contributed by atoms with Crippen LogP contribution in [0, 0.1) is 0 Å². The van der Waals surface area contributed by atoms with Crippen molar-refractivity contribution in [1.29, 1.82) is 0 Å². The molecule has 7 nitrogen and oxygen atoms in total. The van der Waals surface area contributed by atoms with Crippen molar-refractivity contribution >= 4 is 16.0 Å². The molecule has 0 aliphatic heterocycles. The van der Waals surface area contributed by atoms with Crippen LogP contribution in [-0.4, -0.2) is 39.7 Å². The van der Waals surface area contributed by atoms with Crippen molar-refractivity contribution in [3.05, 3.63) is 23.8 Å². The Morgan fingerprint density at radius 1 is 1.47 bits per heavy atom. The lowest BCUT2D eigenvalue weighted by molar-refractivity contribution is -0.136. The summed E-state index contributed by atoms with van der Waals surface area (Å²) >= 11 is 0.